The molecule has 0 aromatic carbocycles. The zero-order valence-corrected chi connectivity index (χ0v) is 11.2. The highest BCUT2D eigenvalue weighted by molar-refractivity contribution is 5.80. The summed E-state index contributed by atoms with van der Waals surface area (Å²) >= 11 is 0. The molecule has 0 spiro atoms. The minimum Gasteiger partial charge on any atom is -0.507 e. The van der Waals surface area contributed by atoms with Crippen molar-refractivity contribution in [3.05, 3.63) is 23.0 Å². The number of carboxylic acid groups (broad SMARTS) is 1. The molecule has 21 heavy (non-hydrogen) atoms. The first-order valence-electron chi connectivity index (χ1n) is 6.60. The van der Waals surface area contributed by atoms with Crippen LogP contribution in [0, 0.1) is 5.41 Å². The van der Waals surface area contributed by atoms with Crippen LogP contribution in [0.4, 0.5) is 0 Å². The minimum atomic E-state index is -2.36. The van der Waals surface area contributed by atoms with Crippen molar-refractivity contribution in [1.29, 1.82) is 0 Å². The second-order valence-electron chi connectivity index (χ2n) is 5.30. The fourth-order valence-electron chi connectivity index (χ4n) is 2.78. The number of hydrogen-bond donors (Lipinski definition) is 6. The molecule has 8 heteroatoms. The average molecular weight is 302 g/mol. The number of hydrogen-bond acceptors (Lipinski definition) is 7. The van der Waals surface area contributed by atoms with Gasteiger partial charge in [-0.05, 0) is 25.7 Å². The van der Waals surface area contributed by atoms with Crippen LogP contribution < -0.4 is 0 Å². The smallest absolute Gasteiger partial charge is 0.320 e. The Bertz CT molecular complexity index is 502. The van der Waals surface area contributed by atoms with E-state index in [1.807, 2.05) is 0 Å². The molecule has 1 aliphatic carbocycles. The van der Waals surface area contributed by atoms with Gasteiger partial charge < -0.3 is 35.4 Å². The first-order chi connectivity index (χ1) is 9.82. The molecule has 0 saturated carbocycles. The summed E-state index contributed by atoms with van der Waals surface area (Å²) in [5.41, 5.74) is -2.36. The molecule has 0 amide bonds. The second-order valence-corrected chi connectivity index (χ2v) is 5.30. The van der Waals surface area contributed by atoms with E-state index in [9.17, 15) is 35.4 Å². The number of aliphatic carboxylic acids is 1. The van der Waals surface area contributed by atoms with Gasteiger partial charge in [0.15, 0.2) is 16.9 Å². The van der Waals surface area contributed by atoms with Gasteiger partial charge >= 0.3 is 5.97 Å². The monoisotopic (exact) mass is 302 g/mol. The molecule has 1 heterocycles. The molecule has 3 atom stereocenters. The molecule has 1 aliphatic heterocycles. The molecule has 2 aliphatic rings. The average Bonchev–Trinajstić information content (AvgIpc) is 2.48. The van der Waals surface area contributed by atoms with Crippen molar-refractivity contribution in [3.8, 4) is 0 Å². The van der Waals surface area contributed by atoms with Crippen LogP contribution in [0.3, 0.4) is 0 Å². The molecule has 0 aromatic rings. The van der Waals surface area contributed by atoms with Crippen LogP contribution in [0.15, 0.2) is 23.0 Å². The second kappa shape index (κ2) is 5.45. The third kappa shape index (κ3) is 2.30. The van der Waals surface area contributed by atoms with Gasteiger partial charge in [-0.1, -0.05) is 0 Å². The molecule has 0 aromatic heterocycles. The molecule has 8 nitrogen and oxygen atoms in total. The van der Waals surface area contributed by atoms with Crippen molar-refractivity contribution in [1.82, 2.24) is 0 Å². The molecule has 0 bridgehead atoms. The maximum Gasteiger partial charge on any atom is 0.320 e. The molecular weight excluding hydrogens is 284 g/mol. The zero-order chi connectivity index (χ0) is 15.8. The lowest BCUT2D eigenvalue weighted by Gasteiger charge is -2.38. The van der Waals surface area contributed by atoms with E-state index >= 15 is 0 Å². The SMILES string of the molecule is O=C(O)C1(CC2CCCCO2)C(O)=C(O)C(O)=C(O)C1O. The predicted molar refractivity (Wildman–Crippen MR) is 68.9 cm³/mol. The highest BCUT2D eigenvalue weighted by Gasteiger charge is 2.57. The fraction of sp³-hybridized carbons (Fsp3) is 0.615. The highest BCUT2D eigenvalue weighted by Crippen LogP contribution is 2.45. The van der Waals surface area contributed by atoms with Gasteiger partial charge in [0.05, 0.1) is 6.10 Å². The van der Waals surface area contributed by atoms with E-state index in [0.29, 0.717) is 13.0 Å². The van der Waals surface area contributed by atoms with Gasteiger partial charge in [-0.15, -0.1) is 0 Å². The summed E-state index contributed by atoms with van der Waals surface area (Å²) < 4.78 is 5.40. The molecule has 2 rings (SSSR count). The van der Waals surface area contributed by atoms with Crippen LogP contribution in [0.2, 0.25) is 0 Å². The Kier molecular flexibility index (Phi) is 4.02. The van der Waals surface area contributed by atoms with E-state index in [4.69, 9.17) is 4.74 Å². The van der Waals surface area contributed by atoms with E-state index < -0.39 is 46.6 Å². The van der Waals surface area contributed by atoms with Crippen LogP contribution in [0.1, 0.15) is 25.7 Å². The first kappa shape index (κ1) is 15.5. The van der Waals surface area contributed by atoms with E-state index in [1.165, 1.54) is 0 Å². The predicted octanol–water partition coefficient (Wildman–Crippen LogP) is 1.05. The van der Waals surface area contributed by atoms with Gasteiger partial charge in [-0.25, -0.2) is 0 Å². The third-order valence-corrected chi connectivity index (χ3v) is 4.04. The third-order valence-electron chi connectivity index (χ3n) is 4.04. The number of aliphatic hydroxyl groups is 5. The maximum absolute atomic E-state index is 11.6. The molecule has 6 N–H and O–H groups in total. The van der Waals surface area contributed by atoms with Crippen molar-refractivity contribution in [2.75, 3.05) is 6.61 Å². The minimum absolute atomic E-state index is 0.337. The maximum atomic E-state index is 11.6. The van der Waals surface area contributed by atoms with Gasteiger partial charge in [0, 0.05) is 6.61 Å². The number of rotatable bonds is 3. The Morgan fingerprint density at radius 3 is 2.38 bits per heavy atom. The molecule has 0 radical (unpaired) electrons. The summed E-state index contributed by atoms with van der Waals surface area (Å²) in [5, 5.41) is 58.1. The van der Waals surface area contributed by atoms with Gasteiger partial charge in [0.25, 0.3) is 0 Å². The topological polar surface area (TPSA) is 148 Å². The molecule has 118 valence electrons. The standard InChI is InChI=1S/C13H18O8/c14-7-8(15)10(17)13(12(19)20,11(18)9(7)16)5-6-3-1-2-4-21-6/h6,10,14-18H,1-5H2,(H,19,20). The van der Waals surface area contributed by atoms with Gasteiger partial charge in [0.2, 0.25) is 11.5 Å². The lowest BCUT2D eigenvalue weighted by atomic mass is 9.71. The van der Waals surface area contributed by atoms with Crippen molar-refractivity contribution < 1.29 is 40.2 Å². The van der Waals surface area contributed by atoms with Crippen LogP contribution in [-0.2, 0) is 9.53 Å². The quantitative estimate of drug-likeness (QED) is 0.453. The summed E-state index contributed by atoms with van der Waals surface area (Å²) in [5.74, 6) is -6.11. The van der Waals surface area contributed by atoms with E-state index in [-0.39, 0.29) is 6.42 Å². The van der Waals surface area contributed by atoms with E-state index in [2.05, 4.69) is 0 Å². The Labute approximate surface area is 120 Å². The summed E-state index contributed by atoms with van der Waals surface area (Å²) in [7, 11) is 0. The summed E-state index contributed by atoms with van der Waals surface area (Å²) in [4.78, 5) is 11.6. The molecule has 1 saturated heterocycles. The molecular formula is C13H18O8. The van der Waals surface area contributed by atoms with E-state index in [1.54, 1.807) is 0 Å². The Morgan fingerprint density at radius 2 is 1.86 bits per heavy atom. The fourth-order valence-corrected chi connectivity index (χ4v) is 2.78. The number of aliphatic hydroxyl groups excluding tert-OH is 5. The van der Waals surface area contributed by atoms with Gasteiger partial charge in [-0.3, -0.25) is 4.79 Å². The van der Waals surface area contributed by atoms with Crippen molar-refractivity contribution in [3.63, 3.8) is 0 Å². The Balaban J connectivity index is 2.44. The van der Waals surface area contributed by atoms with Crippen molar-refractivity contribution >= 4 is 5.97 Å². The van der Waals surface area contributed by atoms with E-state index in [0.717, 1.165) is 12.8 Å². The van der Waals surface area contributed by atoms with Gasteiger partial charge in [0.1, 0.15) is 6.10 Å². The Morgan fingerprint density at radius 1 is 1.19 bits per heavy atom. The normalized spacial score (nSPS) is 34.1. The zero-order valence-electron chi connectivity index (χ0n) is 11.2. The molecule has 3 unspecified atom stereocenters. The van der Waals surface area contributed by atoms with Crippen LogP contribution in [-0.4, -0.2) is 55.4 Å². The van der Waals surface area contributed by atoms with Crippen LogP contribution >= 0.6 is 0 Å². The van der Waals surface area contributed by atoms with Crippen molar-refractivity contribution in [2.24, 2.45) is 5.41 Å². The number of carbonyl (C=O) groups is 1. The Hall–Kier alpha value is -1.93. The summed E-state index contributed by atoms with van der Waals surface area (Å²) in [6.45, 7) is 0.431. The highest BCUT2D eigenvalue weighted by atomic mass is 16.5. The first-order valence-corrected chi connectivity index (χ1v) is 6.60. The van der Waals surface area contributed by atoms with Crippen LogP contribution in [0.25, 0.3) is 0 Å². The summed E-state index contributed by atoms with van der Waals surface area (Å²) in [6, 6.07) is 0. The van der Waals surface area contributed by atoms with Crippen LogP contribution in [0.5, 0.6) is 0 Å². The van der Waals surface area contributed by atoms with Crippen molar-refractivity contribution in [2.45, 2.75) is 37.9 Å². The largest absolute Gasteiger partial charge is 0.507 e. The number of ether oxygens (including phenoxy) is 1. The lowest BCUT2D eigenvalue weighted by molar-refractivity contribution is -0.161. The van der Waals surface area contributed by atoms with Gasteiger partial charge in [-0.2, -0.15) is 0 Å². The lowest BCUT2D eigenvalue weighted by Crippen LogP contribution is -2.50. The summed E-state index contributed by atoms with van der Waals surface area (Å²) in [6.07, 6.45) is -0.801. The molecule has 1 fully saturated rings. The number of carboxylic acids is 1.